The van der Waals surface area contributed by atoms with E-state index in [0.717, 1.165) is 36.5 Å². The number of rotatable bonds is 6. The van der Waals surface area contributed by atoms with Gasteiger partial charge in [-0.1, -0.05) is 0 Å². The lowest BCUT2D eigenvalue weighted by molar-refractivity contribution is -0.141. The van der Waals surface area contributed by atoms with Crippen LogP contribution in [0.2, 0.25) is 0 Å². The van der Waals surface area contributed by atoms with E-state index in [4.69, 9.17) is 14.2 Å². The van der Waals surface area contributed by atoms with Crippen LogP contribution in [-0.4, -0.2) is 75.3 Å². The summed E-state index contributed by atoms with van der Waals surface area (Å²) < 4.78 is 16.2. The van der Waals surface area contributed by atoms with E-state index in [-0.39, 0.29) is 36.2 Å². The molecular weight excluding hydrogens is 418 g/mol. The molecule has 3 aliphatic heterocycles. The number of carbonyl (C=O) groups is 4. The van der Waals surface area contributed by atoms with E-state index >= 15 is 0 Å². The summed E-state index contributed by atoms with van der Waals surface area (Å²) in [4.78, 5) is 53.2. The summed E-state index contributed by atoms with van der Waals surface area (Å²) in [5.41, 5.74) is 1.14. The Bertz CT molecular complexity index is 951. The van der Waals surface area contributed by atoms with Crippen molar-refractivity contribution in [2.24, 2.45) is 5.92 Å². The quantitative estimate of drug-likeness (QED) is 0.508. The average molecular weight is 445 g/mol. The van der Waals surface area contributed by atoms with Crippen molar-refractivity contribution in [1.82, 2.24) is 10.2 Å². The molecule has 3 aliphatic rings. The molecule has 0 aliphatic carbocycles. The van der Waals surface area contributed by atoms with E-state index in [0.29, 0.717) is 5.75 Å². The second-order valence-electron chi connectivity index (χ2n) is 8.18. The van der Waals surface area contributed by atoms with Crippen molar-refractivity contribution in [3.8, 4) is 5.75 Å². The van der Waals surface area contributed by atoms with Crippen molar-refractivity contribution in [2.75, 3.05) is 39.3 Å². The first-order chi connectivity index (χ1) is 15.4. The molecule has 0 saturated carbocycles. The Labute approximate surface area is 185 Å². The van der Waals surface area contributed by atoms with E-state index in [2.05, 4.69) is 10.2 Å². The predicted octanol–water partition coefficient (Wildman–Crippen LogP) is 0.932. The largest absolute Gasteiger partial charge is 0.496 e. The van der Waals surface area contributed by atoms with Gasteiger partial charge in [-0.3, -0.25) is 29.4 Å². The molecular formula is C22H27N3O7. The monoisotopic (exact) mass is 445 g/mol. The maximum absolute atomic E-state index is 13.2. The minimum atomic E-state index is -1.01. The fraction of sp³-hybridized carbons (Fsp3) is 0.545. The van der Waals surface area contributed by atoms with Crippen molar-refractivity contribution in [3.63, 3.8) is 0 Å². The van der Waals surface area contributed by atoms with Gasteiger partial charge in [0.25, 0.3) is 11.8 Å². The molecule has 0 spiro atoms. The van der Waals surface area contributed by atoms with Crippen LogP contribution in [0.1, 0.15) is 46.4 Å². The maximum atomic E-state index is 13.2. The number of imide groups is 2. The summed E-state index contributed by atoms with van der Waals surface area (Å²) in [6.07, 6.45) is 1.62. The zero-order valence-corrected chi connectivity index (χ0v) is 18.4. The molecule has 0 bridgehead atoms. The Kier molecular flexibility index (Phi) is 6.16. The van der Waals surface area contributed by atoms with Crippen molar-refractivity contribution >= 4 is 29.3 Å². The lowest BCUT2D eigenvalue weighted by Gasteiger charge is -2.36. The highest BCUT2D eigenvalue weighted by Crippen LogP contribution is 2.38. The molecule has 3 heterocycles. The molecule has 1 aromatic rings. The molecule has 0 radical (unpaired) electrons. The topological polar surface area (TPSA) is 114 Å². The van der Waals surface area contributed by atoms with Crippen molar-refractivity contribution < 1.29 is 33.4 Å². The van der Waals surface area contributed by atoms with Gasteiger partial charge in [0.1, 0.15) is 11.8 Å². The van der Waals surface area contributed by atoms with E-state index in [1.54, 1.807) is 26.4 Å². The van der Waals surface area contributed by atoms with Crippen LogP contribution in [0.25, 0.3) is 0 Å². The number of amides is 4. The highest BCUT2D eigenvalue weighted by molar-refractivity contribution is 6.25. The molecule has 4 rings (SSSR count). The third-order valence-corrected chi connectivity index (χ3v) is 6.46. The number of nitrogens with zero attached hydrogens (tertiary/aromatic N) is 2. The summed E-state index contributed by atoms with van der Waals surface area (Å²) in [5.74, 6) is -1.61. The zero-order valence-electron chi connectivity index (χ0n) is 18.4. The third-order valence-electron chi connectivity index (χ3n) is 6.46. The van der Waals surface area contributed by atoms with Crippen LogP contribution in [0.3, 0.4) is 0 Å². The average Bonchev–Trinajstić information content (AvgIpc) is 3.05. The van der Waals surface area contributed by atoms with Gasteiger partial charge in [0.2, 0.25) is 11.8 Å². The lowest BCUT2D eigenvalue weighted by Crippen LogP contribution is -2.54. The van der Waals surface area contributed by atoms with Gasteiger partial charge in [-0.25, -0.2) is 0 Å². The van der Waals surface area contributed by atoms with Gasteiger partial charge >= 0.3 is 0 Å². The van der Waals surface area contributed by atoms with Crippen LogP contribution in [0.5, 0.6) is 5.75 Å². The zero-order chi connectivity index (χ0) is 23.0. The molecule has 4 amide bonds. The Morgan fingerprint density at radius 2 is 1.66 bits per heavy atom. The van der Waals surface area contributed by atoms with E-state index in [1.165, 1.54) is 7.11 Å². The maximum Gasteiger partial charge on any atom is 0.266 e. The van der Waals surface area contributed by atoms with E-state index in [1.807, 2.05) is 0 Å². The molecule has 1 atom stereocenters. The van der Waals surface area contributed by atoms with Gasteiger partial charge in [-0.15, -0.1) is 0 Å². The highest BCUT2D eigenvalue weighted by atomic mass is 16.7. The van der Waals surface area contributed by atoms with Gasteiger partial charge in [0.05, 0.1) is 18.2 Å². The van der Waals surface area contributed by atoms with E-state index < -0.39 is 29.7 Å². The van der Waals surface area contributed by atoms with Crippen LogP contribution < -0.4 is 15.0 Å². The van der Waals surface area contributed by atoms with Gasteiger partial charge in [0, 0.05) is 51.4 Å². The Hall–Kier alpha value is -2.98. The molecule has 32 heavy (non-hydrogen) atoms. The predicted molar refractivity (Wildman–Crippen MR) is 112 cm³/mol. The van der Waals surface area contributed by atoms with E-state index in [9.17, 15) is 19.2 Å². The molecule has 0 aromatic heterocycles. The first-order valence-corrected chi connectivity index (χ1v) is 10.6. The van der Waals surface area contributed by atoms with Gasteiger partial charge in [-0.05, 0) is 25.3 Å². The molecule has 2 saturated heterocycles. The summed E-state index contributed by atoms with van der Waals surface area (Å²) >= 11 is 0. The number of carbonyl (C=O) groups excluding carboxylic acids is 4. The number of methoxy groups -OCH3 is 3. The van der Waals surface area contributed by atoms with Crippen LogP contribution >= 0.6 is 0 Å². The molecule has 1 aromatic carbocycles. The third kappa shape index (κ3) is 3.73. The molecule has 10 nitrogen and oxygen atoms in total. The van der Waals surface area contributed by atoms with Crippen LogP contribution in [-0.2, 0) is 19.1 Å². The fourth-order valence-corrected chi connectivity index (χ4v) is 4.80. The minimum absolute atomic E-state index is 0.0745. The second-order valence-corrected chi connectivity index (χ2v) is 8.18. The molecule has 172 valence electrons. The molecule has 1 N–H and O–H groups in total. The van der Waals surface area contributed by atoms with Crippen molar-refractivity contribution in [3.05, 3.63) is 23.3 Å². The Morgan fingerprint density at radius 1 is 0.969 bits per heavy atom. The van der Waals surface area contributed by atoms with Gasteiger partial charge < -0.3 is 19.1 Å². The first-order valence-electron chi connectivity index (χ1n) is 10.6. The summed E-state index contributed by atoms with van der Waals surface area (Å²) in [7, 11) is 4.70. The number of hydrogen-bond donors (Lipinski definition) is 1. The van der Waals surface area contributed by atoms with Crippen LogP contribution in [0, 0.1) is 5.92 Å². The number of nitrogens with one attached hydrogen (secondary N) is 1. The number of ether oxygens (including phenoxy) is 3. The smallest absolute Gasteiger partial charge is 0.266 e. The molecule has 1 unspecified atom stereocenters. The highest BCUT2D eigenvalue weighted by Gasteiger charge is 2.46. The number of hydrogen-bond acceptors (Lipinski definition) is 8. The first kappa shape index (κ1) is 22.2. The van der Waals surface area contributed by atoms with Crippen LogP contribution in [0.4, 0.5) is 5.69 Å². The van der Waals surface area contributed by atoms with Gasteiger partial charge in [0.15, 0.2) is 6.29 Å². The summed E-state index contributed by atoms with van der Waals surface area (Å²) in [6, 6.07) is 2.43. The number of benzene rings is 1. The lowest BCUT2D eigenvalue weighted by atomic mass is 9.95. The van der Waals surface area contributed by atoms with Crippen molar-refractivity contribution in [1.29, 1.82) is 0 Å². The molecule has 10 heteroatoms. The standard InChI is InChI=1S/C22H27N3O7/c1-30-16-11-13(24-8-6-12(7-9-24)22(31-2)32-3)10-14-18(16)21(29)25(20(14)28)15-4-5-17(26)23-19(15)27/h10-12,15,22H,4-9H2,1-3H3,(H,23,26,27). The number of piperidine rings is 2. The normalized spacial score (nSPS) is 21.9. The van der Waals surface area contributed by atoms with Gasteiger partial charge in [-0.2, -0.15) is 0 Å². The summed E-state index contributed by atoms with van der Waals surface area (Å²) in [6.45, 7) is 1.46. The Morgan fingerprint density at radius 3 is 2.25 bits per heavy atom. The molecule has 2 fully saturated rings. The number of anilines is 1. The number of fused-ring (bicyclic) bond motifs is 1. The fourth-order valence-electron chi connectivity index (χ4n) is 4.80. The van der Waals surface area contributed by atoms with Crippen LogP contribution in [0.15, 0.2) is 12.1 Å². The minimum Gasteiger partial charge on any atom is -0.496 e. The van der Waals surface area contributed by atoms with Crippen molar-refractivity contribution in [2.45, 2.75) is 38.0 Å². The second kappa shape index (κ2) is 8.87. The summed E-state index contributed by atoms with van der Waals surface area (Å²) in [5, 5.41) is 2.20. The SMILES string of the molecule is COc1cc(N2CCC(C(OC)OC)CC2)cc2c1C(=O)N(C1CCC(=O)NC1=O)C2=O. The Balaban J connectivity index is 1.59.